The minimum atomic E-state index is -0.429. The van der Waals surface area contributed by atoms with E-state index >= 15 is 0 Å². The number of carbonyl (C=O) groups is 2. The van der Waals surface area contributed by atoms with Gasteiger partial charge in [-0.05, 0) is 30.5 Å². The van der Waals surface area contributed by atoms with Crippen LogP contribution < -0.4 is 16.4 Å². The zero-order valence-electron chi connectivity index (χ0n) is 10.1. The lowest BCUT2D eigenvalue weighted by Gasteiger charge is -2.22. The van der Waals surface area contributed by atoms with E-state index in [0.29, 0.717) is 12.1 Å². The first-order valence-corrected chi connectivity index (χ1v) is 6.06. The summed E-state index contributed by atoms with van der Waals surface area (Å²) in [5, 5.41) is 6.04. The monoisotopic (exact) mass is 247 g/mol. The predicted octanol–water partition coefficient (Wildman–Crippen LogP) is 0.154. The van der Waals surface area contributed by atoms with E-state index in [0.717, 1.165) is 24.9 Å². The third-order valence-electron chi connectivity index (χ3n) is 3.08. The molecule has 1 atom stereocenters. The Bertz CT molecular complexity index is 442. The Morgan fingerprint density at radius 1 is 1.39 bits per heavy atom. The molecule has 0 saturated carbocycles. The first-order valence-electron chi connectivity index (χ1n) is 6.06. The van der Waals surface area contributed by atoms with E-state index in [9.17, 15) is 9.59 Å². The molecule has 0 bridgehead atoms. The van der Waals surface area contributed by atoms with Crippen molar-refractivity contribution in [3.05, 3.63) is 35.4 Å². The van der Waals surface area contributed by atoms with E-state index in [1.807, 2.05) is 12.1 Å². The van der Waals surface area contributed by atoms with E-state index in [2.05, 4.69) is 10.6 Å². The number of amides is 2. The maximum atomic E-state index is 11.5. The summed E-state index contributed by atoms with van der Waals surface area (Å²) in [4.78, 5) is 22.4. The lowest BCUT2D eigenvalue weighted by atomic mass is 10.1. The maximum Gasteiger partial charge on any atom is 0.248 e. The van der Waals surface area contributed by atoms with Crippen molar-refractivity contribution in [1.82, 2.24) is 10.6 Å². The van der Waals surface area contributed by atoms with Crippen LogP contribution in [0.3, 0.4) is 0 Å². The van der Waals surface area contributed by atoms with Gasteiger partial charge in [-0.2, -0.15) is 0 Å². The van der Waals surface area contributed by atoms with Crippen LogP contribution >= 0.6 is 0 Å². The van der Waals surface area contributed by atoms with Gasteiger partial charge in [-0.3, -0.25) is 9.59 Å². The normalized spacial score (nSPS) is 19.3. The van der Waals surface area contributed by atoms with Crippen LogP contribution in [0, 0.1) is 0 Å². The second-order valence-corrected chi connectivity index (χ2v) is 4.43. The van der Waals surface area contributed by atoms with Gasteiger partial charge in [0.05, 0.1) is 6.04 Å². The Morgan fingerprint density at radius 2 is 2.11 bits per heavy atom. The molecule has 2 amide bonds. The molecule has 1 aliphatic heterocycles. The van der Waals surface area contributed by atoms with Gasteiger partial charge in [-0.1, -0.05) is 12.1 Å². The van der Waals surface area contributed by atoms with Gasteiger partial charge in [0, 0.05) is 18.7 Å². The molecule has 4 N–H and O–H groups in total. The van der Waals surface area contributed by atoms with Crippen LogP contribution in [0.5, 0.6) is 0 Å². The van der Waals surface area contributed by atoms with Crippen LogP contribution in [-0.4, -0.2) is 24.4 Å². The molecule has 18 heavy (non-hydrogen) atoms. The SMILES string of the molecule is NC(=O)c1ccc(CNC2CCCNC2=O)cc1. The summed E-state index contributed by atoms with van der Waals surface area (Å²) in [6.45, 7) is 1.38. The minimum Gasteiger partial charge on any atom is -0.366 e. The molecule has 1 saturated heterocycles. The summed E-state index contributed by atoms with van der Waals surface area (Å²) in [7, 11) is 0. The number of nitrogens with two attached hydrogens (primary N) is 1. The van der Waals surface area contributed by atoms with Crippen molar-refractivity contribution < 1.29 is 9.59 Å². The number of hydrogen-bond acceptors (Lipinski definition) is 3. The maximum absolute atomic E-state index is 11.5. The third-order valence-corrected chi connectivity index (χ3v) is 3.08. The molecule has 5 nitrogen and oxygen atoms in total. The Kier molecular flexibility index (Phi) is 3.94. The highest BCUT2D eigenvalue weighted by Gasteiger charge is 2.20. The summed E-state index contributed by atoms with van der Waals surface area (Å²) in [6, 6.07) is 6.96. The van der Waals surface area contributed by atoms with Gasteiger partial charge < -0.3 is 16.4 Å². The zero-order valence-corrected chi connectivity index (χ0v) is 10.1. The molecule has 1 fully saturated rings. The smallest absolute Gasteiger partial charge is 0.248 e. The number of primary amides is 1. The van der Waals surface area contributed by atoms with Crippen LogP contribution in [0.25, 0.3) is 0 Å². The number of hydrogen-bond donors (Lipinski definition) is 3. The van der Waals surface area contributed by atoms with E-state index < -0.39 is 5.91 Å². The second kappa shape index (κ2) is 5.64. The fourth-order valence-corrected chi connectivity index (χ4v) is 1.99. The third kappa shape index (κ3) is 3.07. The quantitative estimate of drug-likeness (QED) is 0.708. The van der Waals surface area contributed by atoms with Crippen LogP contribution in [0.2, 0.25) is 0 Å². The van der Waals surface area contributed by atoms with Crippen molar-refractivity contribution in [2.75, 3.05) is 6.54 Å². The van der Waals surface area contributed by atoms with Gasteiger partial charge >= 0.3 is 0 Å². The van der Waals surface area contributed by atoms with Crippen LogP contribution in [-0.2, 0) is 11.3 Å². The lowest BCUT2D eigenvalue weighted by Crippen LogP contribution is -2.47. The van der Waals surface area contributed by atoms with Crippen molar-refractivity contribution in [2.24, 2.45) is 5.73 Å². The Labute approximate surface area is 106 Å². The fourth-order valence-electron chi connectivity index (χ4n) is 1.99. The van der Waals surface area contributed by atoms with Gasteiger partial charge in [0.2, 0.25) is 11.8 Å². The first-order chi connectivity index (χ1) is 8.66. The van der Waals surface area contributed by atoms with Gasteiger partial charge in [0.15, 0.2) is 0 Å². The van der Waals surface area contributed by atoms with Crippen molar-refractivity contribution in [1.29, 1.82) is 0 Å². The molecule has 2 rings (SSSR count). The van der Waals surface area contributed by atoms with E-state index in [1.54, 1.807) is 12.1 Å². The molecule has 0 aliphatic carbocycles. The average molecular weight is 247 g/mol. The first kappa shape index (κ1) is 12.6. The molecule has 1 heterocycles. The van der Waals surface area contributed by atoms with Crippen molar-refractivity contribution in [3.63, 3.8) is 0 Å². The molecule has 0 spiro atoms. The van der Waals surface area contributed by atoms with E-state index in [-0.39, 0.29) is 11.9 Å². The molecule has 1 aromatic carbocycles. The predicted molar refractivity (Wildman–Crippen MR) is 67.8 cm³/mol. The standard InChI is InChI=1S/C13H17N3O2/c14-12(17)10-5-3-9(4-6-10)8-16-11-2-1-7-15-13(11)18/h3-6,11,16H,1-2,7-8H2,(H2,14,17)(H,15,18). The van der Waals surface area contributed by atoms with Crippen LogP contribution in [0.4, 0.5) is 0 Å². The van der Waals surface area contributed by atoms with E-state index in [1.165, 1.54) is 0 Å². The Balaban J connectivity index is 1.89. The molecular weight excluding hydrogens is 230 g/mol. The largest absolute Gasteiger partial charge is 0.366 e. The number of nitrogens with one attached hydrogen (secondary N) is 2. The lowest BCUT2D eigenvalue weighted by molar-refractivity contribution is -0.124. The van der Waals surface area contributed by atoms with Gasteiger partial charge in [0.25, 0.3) is 0 Å². The molecular formula is C13H17N3O2. The minimum absolute atomic E-state index is 0.0648. The van der Waals surface area contributed by atoms with Crippen LogP contribution in [0.15, 0.2) is 24.3 Å². The molecule has 96 valence electrons. The molecule has 0 radical (unpaired) electrons. The number of benzene rings is 1. The van der Waals surface area contributed by atoms with Crippen molar-refractivity contribution >= 4 is 11.8 Å². The highest BCUT2D eigenvalue weighted by atomic mass is 16.2. The molecule has 0 aromatic heterocycles. The summed E-state index contributed by atoms with van der Waals surface area (Å²) in [6.07, 6.45) is 1.87. The summed E-state index contributed by atoms with van der Waals surface area (Å²) < 4.78 is 0. The number of carbonyl (C=O) groups excluding carboxylic acids is 2. The topological polar surface area (TPSA) is 84.2 Å². The molecule has 1 aliphatic rings. The zero-order chi connectivity index (χ0) is 13.0. The van der Waals surface area contributed by atoms with Crippen molar-refractivity contribution in [3.8, 4) is 0 Å². The fraction of sp³-hybridized carbons (Fsp3) is 0.385. The number of rotatable bonds is 4. The van der Waals surface area contributed by atoms with Crippen LogP contribution in [0.1, 0.15) is 28.8 Å². The van der Waals surface area contributed by atoms with Crippen molar-refractivity contribution in [2.45, 2.75) is 25.4 Å². The Morgan fingerprint density at radius 3 is 2.72 bits per heavy atom. The Hall–Kier alpha value is -1.88. The van der Waals surface area contributed by atoms with Gasteiger partial charge in [-0.15, -0.1) is 0 Å². The van der Waals surface area contributed by atoms with E-state index in [4.69, 9.17) is 5.73 Å². The number of piperidine rings is 1. The summed E-state index contributed by atoms with van der Waals surface area (Å²) in [5.74, 6) is -0.365. The molecule has 1 aromatic rings. The summed E-state index contributed by atoms with van der Waals surface area (Å²) in [5.41, 5.74) is 6.69. The van der Waals surface area contributed by atoms with Gasteiger partial charge in [-0.25, -0.2) is 0 Å². The molecule has 5 heteroatoms. The molecule has 1 unspecified atom stereocenters. The average Bonchev–Trinajstić information content (AvgIpc) is 2.38. The highest BCUT2D eigenvalue weighted by Crippen LogP contribution is 2.07. The van der Waals surface area contributed by atoms with Gasteiger partial charge in [0.1, 0.15) is 0 Å². The summed E-state index contributed by atoms with van der Waals surface area (Å²) >= 11 is 0. The highest BCUT2D eigenvalue weighted by molar-refractivity contribution is 5.92. The second-order valence-electron chi connectivity index (χ2n) is 4.43.